The topological polar surface area (TPSA) is 104 Å². The molecule has 7 nitrogen and oxygen atoms in total. The second kappa shape index (κ2) is 7.45. The molecule has 1 aromatic carbocycles. The van der Waals surface area contributed by atoms with Crippen molar-refractivity contribution in [2.45, 2.75) is 0 Å². The van der Waals surface area contributed by atoms with E-state index in [-0.39, 0.29) is 12.6 Å². The van der Waals surface area contributed by atoms with E-state index in [1.165, 1.54) is 7.11 Å². The average Bonchev–Trinajstić information content (AvgIpc) is 2.45. The van der Waals surface area contributed by atoms with Crippen LogP contribution in [0.2, 0.25) is 0 Å². The first-order valence-corrected chi connectivity index (χ1v) is 5.31. The molecule has 1 rings (SSSR count). The van der Waals surface area contributed by atoms with Crippen molar-refractivity contribution in [3.63, 3.8) is 0 Å². The van der Waals surface area contributed by atoms with Crippen molar-refractivity contribution in [3.05, 3.63) is 35.9 Å². The molecule has 0 bridgehead atoms. The molecule has 0 saturated heterocycles. The first kappa shape index (κ1) is 14.2. The Morgan fingerprint density at radius 3 is 2.58 bits per heavy atom. The van der Waals surface area contributed by atoms with Gasteiger partial charge < -0.3 is 15.5 Å². The van der Waals surface area contributed by atoms with E-state index in [1.807, 2.05) is 0 Å². The quantitative estimate of drug-likeness (QED) is 0.442. The third-order valence-corrected chi connectivity index (χ3v) is 2.04. The molecule has 1 aromatic rings. The smallest absolute Gasteiger partial charge is 0.285 e. The number of amides is 2. The molecule has 0 radical (unpaired) electrons. The van der Waals surface area contributed by atoms with Gasteiger partial charge in [0.25, 0.3) is 11.8 Å². The van der Waals surface area contributed by atoms with Crippen molar-refractivity contribution in [2.24, 2.45) is 5.16 Å². The van der Waals surface area contributed by atoms with Gasteiger partial charge in [-0.2, -0.15) is 5.26 Å². The van der Waals surface area contributed by atoms with Crippen LogP contribution in [-0.2, 0) is 9.63 Å². The zero-order chi connectivity index (χ0) is 14.1. The van der Waals surface area contributed by atoms with Crippen LogP contribution in [0.4, 0.5) is 0 Å². The highest BCUT2D eigenvalue weighted by atomic mass is 16.6. The minimum Gasteiger partial charge on any atom is -0.398 e. The second-order valence-electron chi connectivity index (χ2n) is 3.29. The van der Waals surface area contributed by atoms with Gasteiger partial charge in [0, 0.05) is 5.56 Å². The van der Waals surface area contributed by atoms with E-state index in [9.17, 15) is 9.59 Å². The van der Waals surface area contributed by atoms with Crippen molar-refractivity contribution >= 4 is 17.5 Å². The number of nitriles is 1. The number of rotatable bonds is 5. The van der Waals surface area contributed by atoms with Crippen LogP contribution < -0.4 is 10.6 Å². The highest BCUT2D eigenvalue weighted by Crippen LogP contribution is 1.96. The molecular weight excluding hydrogens is 248 g/mol. The number of nitrogens with one attached hydrogen (secondary N) is 2. The standard InChI is InChI=1S/C12H12N4O3/c1-19-16-10(7-13)12(18)15-8-14-11(17)9-5-3-2-4-6-9/h2-6H,8H2,1H3,(H,14,17)(H,15,18)/b16-10+. The minimum absolute atomic E-state index is 0.114. The molecule has 0 aromatic heterocycles. The molecule has 7 heteroatoms. The van der Waals surface area contributed by atoms with Gasteiger partial charge in [-0.15, -0.1) is 0 Å². The Labute approximate surface area is 109 Å². The number of oxime groups is 1. The Kier molecular flexibility index (Phi) is 5.56. The molecule has 0 unspecified atom stereocenters. The molecular formula is C12H12N4O3. The van der Waals surface area contributed by atoms with Gasteiger partial charge in [-0.1, -0.05) is 23.4 Å². The maximum absolute atomic E-state index is 11.6. The second-order valence-corrected chi connectivity index (χ2v) is 3.29. The van der Waals surface area contributed by atoms with Crippen LogP contribution in [0.3, 0.4) is 0 Å². The fourth-order valence-corrected chi connectivity index (χ4v) is 1.18. The largest absolute Gasteiger partial charge is 0.398 e. The highest BCUT2D eigenvalue weighted by Gasteiger charge is 2.11. The number of carbonyl (C=O) groups excluding carboxylic acids is 2. The summed E-state index contributed by atoms with van der Waals surface area (Å²) in [5.74, 6) is -1.05. The molecule has 98 valence electrons. The minimum atomic E-state index is -0.724. The van der Waals surface area contributed by atoms with Crippen LogP contribution in [-0.4, -0.2) is 31.3 Å². The fourth-order valence-electron chi connectivity index (χ4n) is 1.18. The zero-order valence-electron chi connectivity index (χ0n) is 10.2. The summed E-state index contributed by atoms with van der Waals surface area (Å²) < 4.78 is 0. The van der Waals surface area contributed by atoms with Gasteiger partial charge in [0.05, 0.1) is 6.67 Å². The predicted octanol–water partition coefficient (Wildman–Crippen LogP) is 0.0161. The number of nitrogens with zero attached hydrogens (tertiary/aromatic N) is 2. The zero-order valence-corrected chi connectivity index (χ0v) is 10.2. The average molecular weight is 260 g/mol. The van der Waals surface area contributed by atoms with Gasteiger partial charge in [0.1, 0.15) is 13.2 Å². The van der Waals surface area contributed by atoms with Crippen molar-refractivity contribution in [1.29, 1.82) is 5.26 Å². The number of hydrogen-bond acceptors (Lipinski definition) is 5. The maximum Gasteiger partial charge on any atom is 0.285 e. The summed E-state index contributed by atoms with van der Waals surface area (Å²) in [4.78, 5) is 27.3. The summed E-state index contributed by atoms with van der Waals surface area (Å²) in [6.45, 7) is -0.114. The van der Waals surface area contributed by atoms with Gasteiger partial charge in [-0.05, 0) is 12.1 Å². The van der Waals surface area contributed by atoms with Crippen LogP contribution in [0, 0.1) is 11.3 Å². The first-order chi connectivity index (χ1) is 9.19. The maximum atomic E-state index is 11.6. The molecule has 0 aliphatic carbocycles. The molecule has 0 heterocycles. The lowest BCUT2D eigenvalue weighted by Crippen LogP contribution is -2.40. The Hall–Kier alpha value is -2.88. The van der Waals surface area contributed by atoms with Crippen LogP contribution in [0.15, 0.2) is 35.5 Å². The fraction of sp³-hybridized carbons (Fsp3) is 0.167. The molecule has 2 amide bonds. The van der Waals surface area contributed by atoms with Gasteiger partial charge >= 0.3 is 0 Å². The lowest BCUT2D eigenvalue weighted by molar-refractivity contribution is -0.114. The van der Waals surface area contributed by atoms with E-state index >= 15 is 0 Å². The summed E-state index contributed by atoms with van der Waals surface area (Å²) in [5.41, 5.74) is 0.0549. The molecule has 2 N–H and O–H groups in total. The van der Waals surface area contributed by atoms with Gasteiger partial charge in [-0.25, -0.2) is 0 Å². The Morgan fingerprint density at radius 1 is 1.32 bits per heavy atom. The summed E-state index contributed by atoms with van der Waals surface area (Å²) in [6, 6.07) is 10.1. The summed E-state index contributed by atoms with van der Waals surface area (Å²) >= 11 is 0. The van der Waals surface area contributed by atoms with Crippen molar-refractivity contribution in [2.75, 3.05) is 13.8 Å². The number of benzene rings is 1. The summed E-state index contributed by atoms with van der Waals surface area (Å²) in [5, 5.41) is 16.6. The molecule has 0 spiro atoms. The van der Waals surface area contributed by atoms with E-state index in [1.54, 1.807) is 36.4 Å². The predicted molar refractivity (Wildman–Crippen MR) is 67.0 cm³/mol. The number of hydrogen-bond donors (Lipinski definition) is 2. The Bertz CT molecular complexity index is 520. The summed E-state index contributed by atoms with van der Waals surface area (Å²) in [7, 11) is 1.22. The lowest BCUT2D eigenvalue weighted by Gasteiger charge is -2.06. The molecule has 19 heavy (non-hydrogen) atoms. The van der Waals surface area contributed by atoms with E-state index in [0.717, 1.165) is 0 Å². The van der Waals surface area contributed by atoms with Crippen LogP contribution in [0.1, 0.15) is 10.4 Å². The molecule has 0 atom stereocenters. The third-order valence-electron chi connectivity index (χ3n) is 2.04. The monoisotopic (exact) mass is 260 g/mol. The van der Waals surface area contributed by atoms with Crippen LogP contribution >= 0.6 is 0 Å². The normalized spacial score (nSPS) is 10.2. The van der Waals surface area contributed by atoms with Crippen molar-refractivity contribution < 1.29 is 14.4 Å². The molecule has 0 fully saturated rings. The first-order valence-electron chi connectivity index (χ1n) is 5.31. The van der Waals surface area contributed by atoms with Gasteiger partial charge in [-0.3, -0.25) is 9.59 Å². The molecule has 0 aliphatic heterocycles. The van der Waals surface area contributed by atoms with E-state index in [4.69, 9.17) is 5.26 Å². The molecule has 0 saturated carbocycles. The van der Waals surface area contributed by atoms with E-state index < -0.39 is 11.6 Å². The van der Waals surface area contributed by atoms with E-state index in [2.05, 4.69) is 20.6 Å². The van der Waals surface area contributed by atoms with Gasteiger partial charge in [0.2, 0.25) is 5.71 Å². The number of carbonyl (C=O) groups is 2. The Morgan fingerprint density at radius 2 is 2.00 bits per heavy atom. The Balaban J connectivity index is 2.43. The summed E-state index contributed by atoms with van der Waals surface area (Å²) in [6.07, 6.45) is 0. The van der Waals surface area contributed by atoms with Crippen LogP contribution in [0.5, 0.6) is 0 Å². The van der Waals surface area contributed by atoms with Gasteiger partial charge in [0.15, 0.2) is 0 Å². The molecule has 0 aliphatic rings. The van der Waals surface area contributed by atoms with Crippen molar-refractivity contribution in [1.82, 2.24) is 10.6 Å². The highest BCUT2D eigenvalue weighted by molar-refractivity contribution is 6.45. The van der Waals surface area contributed by atoms with Crippen molar-refractivity contribution in [3.8, 4) is 6.07 Å². The lowest BCUT2D eigenvalue weighted by atomic mass is 10.2. The SMILES string of the molecule is CO/N=C(\C#N)C(=O)NCNC(=O)c1ccccc1. The van der Waals surface area contributed by atoms with Crippen LogP contribution in [0.25, 0.3) is 0 Å². The van der Waals surface area contributed by atoms with E-state index in [0.29, 0.717) is 5.56 Å². The third kappa shape index (κ3) is 4.47.